The lowest BCUT2D eigenvalue weighted by Gasteiger charge is -2.15. The first-order chi connectivity index (χ1) is 8.51. The second-order valence-corrected chi connectivity index (χ2v) is 3.98. The number of hydrogen-bond acceptors (Lipinski definition) is 5. The van der Waals surface area contributed by atoms with Gasteiger partial charge in [0.25, 0.3) is 0 Å². The molecule has 0 saturated carbocycles. The fourth-order valence-corrected chi connectivity index (χ4v) is 1.63. The van der Waals surface area contributed by atoms with E-state index in [9.17, 15) is 4.79 Å². The molecule has 1 aromatic carbocycles. The predicted octanol–water partition coefficient (Wildman–Crippen LogP) is 1.40. The third-order valence-electron chi connectivity index (χ3n) is 2.60. The summed E-state index contributed by atoms with van der Waals surface area (Å²) in [4.78, 5) is 11.3. The number of benzene rings is 1. The summed E-state index contributed by atoms with van der Waals surface area (Å²) in [6.45, 7) is 3.60. The van der Waals surface area contributed by atoms with Crippen molar-refractivity contribution < 1.29 is 19.0 Å². The summed E-state index contributed by atoms with van der Waals surface area (Å²) in [5.41, 5.74) is 7.07. The smallest absolute Gasteiger partial charge is 0.322 e. The standard InChI is InChI=1S/C13H19NO4/c1-8-11(16-3)6-5-10(12(8)17-4)7-18-13(15)9(2)14/h5-6,9H,7,14H2,1-4H3. The van der Waals surface area contributed by atoms with Gasteiger partial charge < -0.3 is 19.9 Å². The maximum atomic E-state index is 11.3. The molecule has 0 bridgehead atoms. The van der Waals surface area contributed by atoms with Crippen molar-refractivity contribution in [1.29, 1.82) is 0 Å². The average Bonchev–Trinajstić information content (AvgIpc) is 2.35. The van der Waals surface area contributed by atoms with E-state index < -0.39 is 12.0 Å². The van der Waals surface area contributed by atoms with Crippen LogP contribution in [0.1, 0.15) is 18.1 Å². The number of rotatable bonds is 5. The number of ether oxygens (including phenoxy) is 3. The minimum atomic E-state index is -0.629. The zero-order valence-corrected chi connectivity index (χ0v) is 11.1. The Hall–Kier alpha value is -1.75. The predicted molar refractivity (Wildman–Crippen MR) is 67.7 cm³/mol. The third kappa shape index (κ3) is 3.13. The van der Waals surface area contributed by atoms with Crippen LogP contribution in [-0.4, -0.2) is 26.2 Å². The Morgan fingerprint density at radius 1 is 1.33 bits per heavy atom. The van der Waals surface area contributed by atoms with Crippen molar-refractivity contribution in [2.75, 3.05) is 14.2 Å². The van der Waals surface area contributed by atoms with E-state index in [1.165, 1.54) is 0 Å². The van der Waals surface area contributed by atoms with Crippen molar-refractivity contribution in [3.63, 3.8) is 0 Å². The molecule has 0 aliphatic carbocycles. The first kappa shape index (κ1) is 14.3. The molecule has 100 valence electrons. The molecular weight excluding hydrogens is 234 g/mol. The quantitative estimate of drug-likeness (QED) is 0.803. The monoisotopic (exact) mass is 253 g/mol. The van der Waals surface area contributed by atoms with Gasteiger partial charge in [0.2, 0.25) is 0 Å². The van der Waals surface area contributed by atoms with E-state index in [0.29, 0.717) is 5.75 Å². The lowest BCUT2D eigenvalue weighted by atomic mass is 10.1. The number of hydrogen-bond donors (Lipinski definition) is 1. The van der Waals surface area contributed by atoms with Crippen molar-refractivity contribution in [3.8, 4) is 11.5 Å². The highest BCUT2D eigenvalue weighted by molar-refractivity contribution is 5.75. The van der Waals surface area contributed by atoms with Gasteiger partial charge in [0.05, 0.1) is 14.2 Å². The van der Waals surface area contributed by atoms with Gasteiger partial charge in [-0.1, -0.05) is 0 Å². The molecule has 5 nitrogen and oxygen atoms in total. The fourth-order valence-electron chi connectivity index (χ4n) is 1.63. The Balaban J connectivity index is 2.89. The van der Waals surface area contributed by atoms with Crippen LogP contribution in [0, 0.1) is 6.92 Å². The molecular formula is C13H19NO4. The molecule has 0 aliphatic heterocycles. The van der Waals surface area contributed by atoms with Crippen LogP contribution in [0.2, 0.25) is 0 Å². The molecule has 1 atom stereocenters. The maximum absolute atomic E-state index is 11.3. The van der Waals surface area contributed by atoms with Gasteiger partial charge in [0, 0.05) is 11.1 Å². The highest BCUT2D eigenvalue weighted by Gasteiger charge is 2.14. The van der Waals surface area contributed by atoms with Crippen LogP contribution in [-0.2, 0) is 16.1 Å². The summed E-state index contributed by atoms with van der Waals surface area (Å²) in [6.07, 6.45) is 0. The number of methoxy groups -OCH3 is 2. The van der Waals surface area contributed by atoms with Crippen molar-refractivity contribution in [1.82, 2.24) is 0 Å². The Bertz CT molecular complexity index is 429. The van der Waals surface area contributed by atoms with Crippen molar-refractivity contribution in [2.24, 2.45) is 5.73 Å². The maximum Gasteiger partial charge on any atom is 0.322 e. The molecule has 0 heterocycles. The summed E-state index contributed by atoms with van der Waals surface area (Å²) in [7, 11) is 3.16. The molecule has 0 amide bonds. The molecule has 18 heavy (non-hydrogen) atoms. The van der Waals surface area contributed by atoms with E-state index >= 15 is 0 Å². The number of carbonyl (C=O) groups is 1. The molecule has 1 unspecified atom stereocenters. The van der Waals surface area contributed by atoms with Gasteiger partial charge in [-0.2, -0.15) is 0 Å². The molecule has 0 fully saturated rings. The van der Waals surface area contributed by atoms with Gasteiger partial charge in [-0.3, -0.25) is 4.79 Å². The second kappa shape index (κ2) is 6.26. The van der Waals surface area contributed by atoms with Crippen LogP contribution in [0.5, 0.6) is 11.5 Å². The van der Waals surface area contributed by atoms with Crippen molar-refractivity contribution >= 4 is 5.97 Å². The zero-order chi connectivity index (χ0) is 13.7. The minimum absolute atomic E-state index is 0.133. The molecule has 0 aliphatic rings. The normalized spacial score (nSPS) is 11.8. The van der Waals surface area contributed by atoms with Gasteiger partial charge in [-0.15, -0.1) is 0 Å². The van der Waals surface area contributed by atoms with Crippen LogP contribution in [0.15, 0.2) is 12.1 Å². The molecule has 1 aromatic rings. The van der Waals surface area contributed by atoms with E-state index in [1.807, 2.05) is 13.0 Å². The minimum Gasteiger partial charge on any atom is -0.496 e. The summed E-state index contributed by atoms with van der Waals surface area (Å²) in [5, 5.41) is 0. The fraction of sp³-hybridized carbons (Fsp3) is 0.462. The first-order valence-electron chi connectivity index (χ1n) is 5.64. The molecule has 0 aromatic heterocycles. The molecule has 0 radical (unpaired) electrons. The van der Waals surface area contributed by atoms with Gasteiger partial charge in [0.15, 0.2) is 0 Å². The third-order valence-corrected chi connectivity index (χ3v) is 2.60. The van der Waals surface area contributed by atoms with Crippen LogP contribution in [0.4, 0.5) is 0 Å². The Morgan fingerprint density at radius 2 is 2.00 bits per heavy atom. The summed E-state index contributed by atoms with van der Waals surface area (Å²) in [6, 6.07) is 2.99. The van der Waals surface area contributed by atoms with Gasteiger partial charge in [0.1, 0.15) is 24.1 Å². The van der Waals surface area contributed by atoms with Gasteiger partial charge in [-0.05, 0) is 26.0 Å². The van der Waals surface area contributed by atoms with E-state index in [4.69, 9.17) is 19.9 Å². The second-order valence-electron chi connectivity index (χ2n) is 3.98. The Morgan fingerprint density at radius 3 is 2.50 bits per heavy atom. The number of esters is 1. The summed E-state index contributed by atoms with van der Waals surface area (Å²) in [5.74, 6) is 0.950. The van der Waals surface area contributed by atoms with Crippen LogP contribution in [0.25, 0.3) is 0 Å². The molecule has 2 N–H and O–H groups in total. The van der Waals surface area contributed by atoms with Gasteiger partial charge >= 0.3 is 5.97 Å². The summed E-state index contributed by atoms with van der Waals surface area (Å²) >= 11 is 0. The average molecular weight is 253 g/mol. The molecule has 1 rings (SSSR count). The molecule has 0 saturated heterocycles. The topological polar surface area (TPSA) is 70.8 Å². The lowest BCUT2D eigenvalue weighted by molar-refractivity contribution is -0.146. The molecule has 5 heteroatoms. The van der Waals surface area contributed by atoms with Crippen molar-refractivity contribution in [3.05, 3.63) is 23.3 Å². The summed E-state index contributed by atoms with van der Waals surface area (Å²) < 4.78 is 15.6. The van der Waals surface area contributed by atoms with E-state index in [-0.39, 0.29) is 6.61 Å². The van der Waals surface area contributed by atoms with Crippen LogP contribution >= 0.6 is 0 Å². The van der Waals surface area contributed by atoms with Gasteiger partial charge in [-0.25, -0.2) is 0 Å². The highest BCUT2D eigenvalue weighted by Crippen LogP contribution is 2.31. The SMILES string of the molecule is COc1ccc(COC(=O)C(C)N)c(OC)c1C. The van der Waals surface area contributed by atoms with E-state index in [2.05, 4.69) is 0 Å². The van der Waals surface area contributed by atoms with Crippen molar-refractivity contribution in [2.45, 2.75) is 26.5 Å². The number of carbonyl (C=O) groups excluding carboxylic acids is 1. The van der Waals surface area contributed by atoms with E-state index in [0.717, 1.165) is 16.9 Å². The van der Waals surface area contributed by atoms with Crippen LogP contribution in [0.3, 0.4) is 0 Å². The lowest BCUT2D eigenvalue weighted by Crippen LogP contribution is -2.28. The van der Waals surface area contributed by atoms with Crippen LogP contribution < -0.4 is 15.2 Å². The van der Waals surface area contributed by atoms with E-state index in [1.54, 1.807) is 27.2 Å². The zero-order valence-electron chi connectivity index (χ0n) is 11.1. The Kier molecular flexibility index (Phi) is 4.97. The molecule has 0 spiro atoms. The first-order valence-corrected chi connectivity index (χ1v) is 5.64. The largest absolute Gasteiger partial charge is 0.496 e. The highest BCUT2D eigenvalue weighted by atomic mass is 16.5. The Labute approximate surface area is 107 Å². The number of nitrogens with two attached hydrogens (primary N) is 1.